The van der Waals surface area contributed by atoms with Gasteiger partial charge in [-0.2, -0.15) is 0 Å². The van der Waals surface area contributed by atoms with Gasteiger partial charge in [-0.05, 0) is 68.7 Å². The van der Waals surface area contributed by atoms with Crippen LogP contribution in [0.15, 0.2) is 48.5 Å². The van der Waals surface area contributed by atoms with Crippen molar-refractivity contribution in [3.63, 3.8) is 0 Å². The molecule has 0 aliphatic carbocycles. The van der Waals surface area contributed by atoms with Crippen LogP contribution in [0.3, 0.4) is 0 Å². The van der Waals surface area contributed by atoms with Crippen LogP contribution in [0.25, 0.3) is 10.2 Å². The van der Waals surface area contributed by atoms with Crippen molar-refractivity contribution in [2.24, 2.45) is 0 Å². The summed E-state index contributed by atoms with van der Waals surface area (Å²) < 4.78 is 0.796. The molecule has 168 valence electrons. The first-order valence-corrected chi connectivity index (χ1v) is 11.5. The Bertz CT molecular complexity index is 1350. The Morgan fingerprint density at radius 1 is 0.848 bits per heavy atom. The zero-order valence-electron chi connectivity index (χ0n) is 18.7. The number of fused-ring (bicyclic) bond motifs is 1. The molecule has 0 atom stereocenters. The molecule has 8 heteroatoms. The van der Waals surface area contributed by atoms with Gasteiger partial charge in [0.1, 0.15) is 0 Å². The molecular weight excluding hydrogens is 456 g/mol. The number of amides is 3. The minimum Gasteiger partial charge on any atom is -0.322 e. The summed E-state index contributed by atoms with van der Waals surface area (Å²) in [6.45, 7) is 7.86. The van der Waals surface area contributed by atoms with Crippen molar-refractivity contribution in [3.8, 4) is 0 Å². The average molecular weight is 479 g/mol. The molecule has 4 aromatic rings. The van der Waals surface area contributed by atoms with Crippen LogP contribution < -0.4 is 16.0 Å². The Morgan fingerprint density at radius 3 is 2.27 bits per heavy atom. The molecule has 6 nitrogen and oxygen atoms in total. The zero-order chi connectivity index (χ0) is 23.7. The van der Waals surface area contributed by atoms with Crippen molar-refractivity contribution in [1.82, 2.24) is 4.98 Å². The quantitative estimate of drug-likeness (QED) is 0.293. The monoisotopic (exact) mass is 478 g/mol. The van der Waals surface area contributed by atoms with Crippen molar-refractivity contribution in [1.29, 1.82) is 0 Å². The normalized spacial score (nSPS) is 10.8. The first kappa shape index (κ1) is 22.8. The van der Waals surface area contributed by atoms with E-state index in [2.05, 4.69) is 20.9 Å². The molecule has 3 amide bonds. The number of aryl methyl sites for hydroxylation is 4. The van der Waals surface area contributed by atoms with E-state index in [1.54, 1.807) is 24.3 Å². The molecule has 3 N–H and O–H groups in total. The first-order chi connectivity index (χ1) is 15.7. The van der Waals surface area contributed by atoms with Gasteiger partial charge >= 0.3 is 6.03 Å². The van der Waals surface area contributed by atoms with Crippen LogP contribution in [0.4, 0.5) is 21.3 Å². The molecule has 0 spiro atoms. The number of carbonyl (C=O) groups excluding carboxylic acids is 2. The fourth-order valence-corrected chi connectivity index (χ4v) is 4.88. The molecule has 0 saturated carbocycles. The summed E-state index contributed by atoms with van der Waals surface area (Å²) in [6, 6.07) is 14.3. The smallest absolute Gasteiger partial charge is 0.322 e. The van der Waals surface area contributed by atoms with Crippen LogP contribution in [-0.4, -0.2) is 16.9 Å². The van der Waals surface area contributed by atoms with Crippen molar-refractivity contribution in [3.05, 3.63) is 81.4 Å². The number of urea groups is 1. The third-order valence-electron chi connectivity index (χ3n) is 5.25. The number of benzene rings is 3. The molecule has 0 saturated heterocycles. The molecule has 4 rings (SSSR count). The highest BCUT2D eigenvalue weighted by Gasteiger charge is 2.14. The van der Waals surface area contributed by atoms with Gasteiger partial charge in [0, 0.05) is 11.3 Å². The summed E-state index contributed by atoms with van der Waals surface area (Å²) in [6.07, 6.45) is 0. The van der Waals surface area contributed by atoms with E-state index < -0.39 is 6.03 Å². The number of nitrogens with one attached hydrogen (secondary N) is 3. The number of aromatic nitrogens is 1. The summed E-state index contributed by atoms with van der Waals surface area (Å²) in [4.78, 5) is 29.8. The predicted octanol–water partition coefficient (Wildman–Crippen LogP) is 7.08. The summed E-state index contributed by atoms with van der Waals surface area (Å²) in [5.41, 5.74) is 6.65. The van der Waals surface area contributed by atoms with Crippen LogP contribution in [0.5, 0.6) is 0 Å². The second-order valence-electron chi connectivity index (χ2n) is 7.94. The van der Waals surface area contributed by atoms with E-state index in [9.17, 15) is 9.59 Å². The number of carbonyl (C=O) groups is 2. The van der Waals surface area contributed by atoms with Gasteiger partial charge in [0.25, 0.3) is 5.91 Å². The lowest BCUT2D eigenvalue weighted by molar-refractivity contribution is 0.102. The Kier molecular flexibility index (Phi) is 6.35. The number of halogens is 1. The van der Waals surface area contributed by atoms with Gasteiger partial charge in [0.15, 0.2) is 5.13 Å². The van der Waals surface area contributed by atoms with Crippen molar-refractivity contribution in [2.75, 3.05) is 16.0 Å². The van der Waals surface area contributed by atoms with E-state index in [0.29, 0.717) is 26.9 Å². The van der Waals surface area contributed by atoms with Crippen LogP contribution in [0.2, 0.25) is 5.02 Å². The van der Waals surface area contributed by atoms with Gasteiger partial charge in [0.05, 0.1) is 20.9 Å². The van der Waals surface area contributed by atoms with Gasteiger partial charge in [-0.15, -0.1) is 0 Å². The van der Waals surface area contributed by atoms with Crippen molar-refractivity contribution >= 4 is 61.6 Å². The molecule has 0 unspecified atom stereocenters. The Morgan fingerprint density at radius 2 is 1.58 bits per heavy atom. The third-order valence-corrected chi connectivity index (χ3v) is 6.50. The first-order valence-electron chi connectivity index (χ1n) is 10.3. The highest BCUT2D eigenvalue weighted by Crippen LogP contribution is 2.29. The molecular formula is C25H23ClN4O2S. The predicted molar refractivity (Wildman–Crippen MR) is 137 cm³/mol. The van der Waals surface area contributed by atoms with Gasteiger partial charge in [-0.3, -0.25) is 10.1 Å². The third kappa shape index (κ3) is 4.99. The van der Waals surface area contributed by atoms with E-state index in [-0.39, 0.29) is 5.91 Å². The largest absolute Gasteiger partial charge is 0.325 e. The van der Waals surface area contributed by atoms with E-state index in [0.717, 1.165) is 32.6 Å². The highest BCUT2D eigenvalue weighted by atomic mass is 35.5. The molecule has 0 aliphatic rings. The van der Waals surface area contributed by atoms with Crippen LogP contribution in [-0.2, 0) is 0 Å². The topological polar surface area (TPSA) is 83.1 Å². The van der Waals surface area contributed by atoms with Gasteiger partial charge in [-0.1, -0.05) is 52.8 Å². The van der Waals surface area contributed by atoms with Crippen LogP contribution in [0.1, 0.15) is 32.6 Å². The van der Waals surface area contributed by atoms with Crippen LogP contribution in [0, 0.1) is 27.7 Å². The maximum atomic E-state index is 12.9. The zero-order valence-corrected chi connectivity index (χ0v) is 20.2. The molecule has 0 radical (unpaired) electrons. The second kappa shape index (κ2) is 9.21. The number of rotatable bonds is 4. The maximum absolute atomic E-state index is 12.9. The molecule has 1 aromatic heterocycles. The molecule has 0 bridgehead atoms. The summed E-state index contributed by atoms with van der Waals surface area (Å²) >= 11 is 7.47. The van der Waals surface area contributed by atoms with Gasteiger partial charge in [0.2, 0.25) is 0 Å². The molecule has 0 fully saturated rings. The molecule has 1 heterocycles. The maximum Gasteiger partial charge on any atom is 0.325 e. The SMILES string of the molecule is Cc1cc(C)c(NC(=O)c2ccc3nc(NC(=O)Nc4c(C)cccc4Cl)sc3c2)c(C)c1. The number of nitrogens with zero attached hydrogens (tertiary/aromatic N) is 1. The Balaban J connectivity index is 1.50. The summed E-state index contributed by atoms with van der Waals surface area (Å²) in [5.74, 6) is -0.193. The molecule has 33 heavy (non-hydrogen) atoms. The van der Waals surface area contributed by atoms with Crippen molar-refractivity contribution < 1.29 is 9.59 Å². The minimum atomic E-state index is -0.437. The molecule has 0 aliphatic heterocycles. The van der Waals surface area contributed by atoms with E-state index in [1.807, 2.05) is 52.0 Å². The lowest BCUT2D eigenvalue weighted by Gasteiger charge is -2.12. The van der Waals surface area contributed by atoms with Crippen LogP contribution >= 0.6 is 22.9 Å². The number of anilines is 3. The lowest BCUT2D eigenvalue weighted by Crippen LogP contribution is -2.20. The minimum absolute atomic E-state index is 0.193. The lowest BCUT2D eigenvalue weighted by atomic mass is 10.0. The van der Waals surface area contributed by atoms with E-state index >= 15 is 0 Å². The van der Waals surface area contributed by atoms with E-state index in [1.165, 1.54) is 11.3 Å². The Hall–Kier alpha value is -3.42. The number of para-hydroxylation sites is 1. The fourth-order valence-electron chi connectivity index (χ4n) is 3.71. The number of hydrogen-bond acceptors (Lipinski definition) is 4. The summed E-state index contributed by atoms with van der Waals surface area (Å²) in [5, 5.41) is 9.41. The standard InChI is InChI=1S/C25H23ClN4O2S/c1-13-10-15(3)21(16(4)11-13)28-23(31)17-8-9-19-20(12-17)33-25(27-19)30-24(32)29-22-14(2)6-5-7-18(22)26/h5-12H,1-4H3,(H,28,31)(H2,27,29,30,32). The average Bonchev–Trinajstić information content (AvgIpc) is 3.14. The Labute approximate surface area is 201 Å². The number of hydrogen-bond donors (Lipinski definition) is 3. The molecule has 3 aromatic carbocycles. The fraction of sp³-hybridized carbons (Fsp3) is 0.160. The highest BCUT2D eigenvalue weighted by molar-refractivity contribution is 7.22. The van der Waals surface area contributed by atoms with Crippen molar-refractivity contribution in [2.45, 2.75) is 27.7 Å². The van der Waals surface area contributed by atoms with E-state index in [4.69, 9.17) is 11.6 Å². The second-order valence-corrected chi connectivity index (χ2v) is 9.38. The van der Waals surface area contributed by atoms with Gasteiger partial charge in [-0.25, -0.2) is 9.78 Å². The van der Waals surface area contributed by atoms with Gasteiger partial charge < -0.3 is 10.6 Å². The summed E-state index contributed by atoms with van der Waals surface area (Å²) in [7, 11) is 0. The number of thiazole rings is 1.